The summed E-state index contributed by atoms with van der Waals surface area (Å²) in [5.74, 6) is -0.767. The highest BCUT2D eigenvalue weighted by Crippen LogP contribution is 2.26. The van der Waals surface area contributed by atoms with Crippen LogP contribution in [0.25, 0.3) is 11.3 Å². The van der Waals surface area contributed by atoms with Crippen molar-refractivity contribution in [2.24, 2.45) is 0 Å². The van der Waals surface area contributed by atoms with E-state index in [0.717, 1.165) is 16.1 Å². The quantitative estimate of drug-likeness (QED) is 0.917. The van der Waals surface area contributed by atoms with Crippen LogP contribution in [0.1, 0.15) is 22.4 Å². The molecule has 0 spiro atoms. The zero-order valence-electron chi connectivity index (χ0n) is 10.4. The van der Waals surface area contributed by atoms with Crippen molar-refractivity contribution in [1.82, 2.24) is 4.37 Å². The molecule has 1 aromatic carbocycles. The van der Waals surface area contributed by atoms with E-state index in [1.165, 1.54) is 22.7 Å². The molecular weight excluding hydrogens is 246 g/mol. The van der Waals surface area contributed by atoms with Crippen LogP contribution in [0.5, 0.6) is 0 Å². The Labute approximate surface area is 110 Å². The Morgan fingerprint density at radius 3 is 2.83 bits per heavy atom. The van der Waals surface area contributed by atoms with Crippen molar-refractivity contribution in [3.63, 3.8) is 0 Å². The molecule has 0 saturated carbocycles. The van der Waals surface area contributed by atoms with Crippen molar-refractivity contribution >= 4 is 17.5 Å². The first kappa shape index (κ1) is 12.8. The Kier molecular flexibility index (Phi) is 3.77. The summed E-state index contributed by atoms with van der Waals surface area (Å²) in [6, 6.07) is 8.28. The van der Waals surface area contributed by atoms with Crippen LogP contribution in [0, 0.1) is 13.8 Å². The SMILES string of the molecule is Cc1ccc(C)c(-c2cc(CCC(=O)O)sn2)c1. The van der Waals surface area contributed by atoms with Crippen LogP contribution in [0.3, 0.4) is 0 Å². The van der Waals surface area contributed by atoms with Gasteiger partial charge in [-0.25, -0.2) is 0 Å². The molecule has 2 aromatic rings. The number of aryl methyl sites for hydroxylation is 3. The van der Waals surface area contributed by atoms with E-state index in [-0.39, 0.29) is 6.42 Å². The number of carboxylic acids is 1. The molecule has 0 aliphatic rings. The van der Waals surface area contributed by atoms with Gasteiger partial charge in [0.05, 0.1) is 12.1 Å². The number of hydrogen-bond donors (Lipinski definition) is 1. The zero-order chi connectivity index (χ0) is 13.1. The second-order valence-electron chi connectivity index (χ2n) is 4.39. The highest BCUT2D eigenvalue weighted by Gasteiger charge is 2.08. The Balaban J connectivity index is 2.23. The molecule has 4 heteroatoms. The van der Waals surface area contributed by atoms with Crippen LogP contribution in [-0.2, 0) is 11.2 Å². The smallest absolute Gasteiger partial charge is 0.303 e. The van der Waals surface area contributed by atoms with Gasteiger partial charge in [0.15, 0.2) is 0 Å². The van der Waals surface area contributed by atoms with E-state index in [1.807, 2.05) is 6.07 Å². The maximum Gasteiger partial charge on any atom is 0.303 e. The fourth-order valence-corrected chi connectivity index (χ4v) is 2.52. The monoisotopic (exact) mass is 261 g/mol. The van der Waals surface area contributed by atoms with Crippen molar-refractivity contribution in [3.8, 4) is 11.3 Å². The molecule has 0 amide bonds. The second-order valence-corrected chi connectivity index (χ2v) is 5.28. The summed E-state index contributed by atoms with van der Waals surface area (Å²) in [7, 11) is 0. The Morgan fingerprint density at radius 1 is 1.33 bits per heavy atom. The molecule has 0 saturated heterocycles. The lowest BCUT2D eigenvalue weighted by Crippen LogP contribution is -1.95. The Hall–Kier alpha value is -1.68. The summed E-state index contributed by atoms with van der Waals surface area (Å²) in [4.78, 5) is 11.6. The summed E-state index contributed by atoms with van der Waals surface area (Å²) >= 11 is 1.39. The van der Waals surface area contributed by atoms with Crippen molar-refractivity contribution in [2.45, 2.75) is 26.7 Å². The van der Waals surface area contributed by atoms with E-state index in [1.54, 1.807) is 0 Å². The van der Waals surface area contributed by atoms with E-state index in [2.05, 4.69) is 36.4 Å². The summed E-state index contributed by atoms with van der Waals surface area (Å²) in [5, 5.41) is 8.66. The van der Waals surface area contributed by atoms with Gasteiger partial charge >= 0.3 is 5.97 Å². The van der Waals surface area contributed by atoms with Crippen LogP contribution in [0.15, 0.2) is 24.3 Å². The van der Waals surface area contributed by atoms with Crippen LogP contribution >= 0.6 is 11.5 Å². The number of carbonyl (C=O) groups is 1. The molecular formula is C14H15NO2S. The number of nitrogens with zero attached hydrogens (tertiary/aromatic N) is 1. The van der Waals surface area contributed by atoms with Crippen molar-refractivity contribution < 1.29 is 9.90 Å². The molecule has 2 rings (SSSR count). The summed E-state index contributed by atoms with van der Waals surface area (Å²) in [6.45, 7) is 4.12. The summed E-state index contributed by atoms with van der Waals surface area (Å²) in [5.41, 5.74) is 4.47. The first-order chi connectivity index (χ1) is 8.56. The first-order valence-corrected chi connectivity index (χ1v) is 6.58. The predicted molar refractivity (Wildman–Crippen MR) is 73.0 cm³/mol. The molecule has 94 valence electrons. The van der Waals surface area contributed by atoms with E-state index >= 15 is 0 Å². The largest absolute Gasteiger partial charge is 0.481 e. The molecule has 18 heavy (non-hydrogen) atoms. The number of aromatic nitrogens is 1. The molecule has 0 unspecified atom stereocenters. The Bertz CT molecular complexity index is 575. The van der Waals surface area contributed by atoms with Gasteiger partial charge in [0.2, 0.25) is 0 Å². The van der Waals surface area contributed by atoms with Crippen molar-refractivity contribution in [3.05, 3.63) is 40.3 Å². The van der Waals surface area contributed by atoms with Crippen molar-refractivity contribution in [2.75, 3.05) is 0 Å². The van der Waals surface area contributed by atoms with Crippen LogP contribution in [0.4, 0.5) is 0 Å². The molecule has 0 aliphatic carbocycles. The summed E-state index contributed by atoms with van der Waals surface area (Å²) < 4.78 is 4.42. The minimum atomic E-state index is -0.767. The van der Waals surface area contributed by atoms with Gasteiger partial charge in [0.1, 0.15) is 0 Å². The number of rotatable bonds is 4. The van der Waals surface area contributed by atoms with E-state index in [9.17, 15) is 4.79 Å². The minimum absolute atomic E-state index is 0.161. The molecule has 0 aliphatic heterocycles. The second kappa shape index (κ2) is 5.31. The van der Waals surface area contributed by atoms with Crippen molar-refractivity contribution in [1.29, 1.82) is 0 Å². The molecule has 1 heterocycles. The maximum absolute atomic E-state index is 10.5. The maximum atomic E-state index is 10.5. The standard InChI is InChI=1S/C14H15NO2S/c1-9-3-4-10(2)12(7-9)13-8-11(18-15-13)5-6-14(16)17/h3-4,7-8H,5-6H2,1-2H3,(H,16,17). The number of carboxylic acid groups (broad SMARTS) is 1. The third kappa shape index (κ3) is 2.96. The molecule has 1 aromatic heterocycles. The van der Waals surface area contributed by atoms with Gasteiger partial charge in [0, 0.05) is 10.4 Å². The third-order valence-electron chi connectivity index (χ3n) is 2.81. The minimum Gasteiger partial charge on any atom is -0.481 e. The lowest BCUT2D eigenvalue weighted by atomic mass is 10.0. The molecule has 0 fully saturated rings. The van der Waals surface area contributed by atoms with Gasteiger partial charge < -0.3 is 5.11 Å². The number of benzene rings is 1. The van der Waals surface area contributed by atoms with Gasteiger partial charge in [-0.2, -0.15) is 4.37 Å². The average Bonchev–Trinajstić information content (AvgIpc) is 2.78. The van der Waals surface area contributed by atoms with Crippen LogP contribution in [0.2, 0.25) is 0 Å². The molecule has 3 nitrogen and oxygen atoms in total. The highest BCUT2D eigenvalue weighted by atomic mass is 32.1. The zero-order valence-corrected chi connectivity index (χ0v) is 11.3. The fraction of sp³-hybridized carbons (Fsp3) is 0.286. The predicted octanol–water partition coefficient (Wildman–Crippen LogP) is 3.44. The average molecular weight is 261 g/mol. The van der Waals surface area contributed by atoms with Crippen LogP contribution in [-0.4, -0.2) is 15.4 Å². The normalized spacial score (nSPS) is 10.6. The van der Waals surface area contributed by atoms with Gasteiger partial charge in [-0.3, -0.25) is 4.79 Å². The third-order valence-corrected chi connectivity index (χ3v) is 3.66. The van der Waals surface area contributed by atoms with Gasteiger partial charge in [-0.1, -0.05) is 17.7 Å². The van der Waals surface area contributed by atoms with E-state index in [0.29, 0.717) is 6.42 Å². The molecule has 1 N–H and O–H groups in total. The van der Waals surface area contributed by atoms with Gasteiger partial charge in [-0.05, 0) is 49.5 Å². The molecule has 0 bridgehead atoms. The molecule has 0 atom stereocenters. The van der Waals surface area contributed by atoms with Crippen LogP contribution < -0.4 is 0 Å². The van der Waals surface area contributed by atoms with Gasteiger partial charge in [0.25, 0.3) is 0 Å². The topological polar surface area (TPSA) is 50.2 Å². The van der Waals surface area contributed by atoms with E-state index in [4.69, 9.17) is 5.11 Å². The lowest BCUT2D eigenvalue weighted by Gasteiger charge is -2.03. The highest BCUT2D eigenvalue weighted by molar-refractivity contribution is 7.06. The molecule has 0 radical (unpaired) electrons. The summed E-state index contributed by atoms with van der Waals surface area (Å²) in [6.07, 6.45) is 0.715. The fourth-order valence-electron chi connectivity index (χ4n) is 1.80. The van der Waals surface area contributed by atoms with Gasteiger partial charge in [-0.15, -0.1) is 0 Å². The van der Waals surface area contributed by atoms with E-state index < -0.39 is 5.97 Å². The first-order valence-electron chi connectivity index (χ1n) is 5.81. The number of hydrogen-bond acceptors (Lipinski definition) is 3. The Morgan fingerprint density at radius 2 is 2.11 bits per heavy atom. The number of aliphatic carboxylic acids is 1. The lowest BCUT2D eigenvalue weighted by molar-refractivity contribution is -0.136.